The minimum atomic E-state index is -0.236. The number of imidazole rings is 1. The molecule has 5 nitrogen and oxygen atoms in total. The molecule has 26 heavy (non-hydrogen) atoms. The second-order valence-electron chi connectivity index (χ2n) is 6.96. The fourth-order valence-electron chi connectivity index (χ4n) is 3.62. The molecule has 1 aliphatic rings. The second kappa shape index (κ2) is 6.88. The lowest BCUT2D eigenvalue weighted by Crippen LogP contribution is -2.33. The predicted octanol–water partition coefficient (Wildman–Crippen LogP) is 2.84. The van der Waals surface area contributed by atoms with Gasteiger partial charge in [-0.25, -0.2) is 14.4 Å². The normalized spacial score (nSPS) is 19.8. The Kier molecular flexibility index (Phi) is 4.42. The first-order valence-corrected chi connectivity index (χ1v) is 8.73. The molecule has 1 aromatic carbocycles. The number of halogens is 1. The molecule has 1 N–H and O–H groups in total. The SMILES string of the molecule is OCC1(Cc2ccc(F)cc2)CCN(c2cccc(-n3ccnc3)n2)C1. The van der Waals surface area contributed by atoms with Crippen LogP contribution in [0, 0.1) is 11.2 Å². The Morgan fingerprint density at radius 3 is 2.65 bits per heavy atom. The maximum atomic E-state index is 13.1. The average molecular weight is 352 g/mol. The molecule has 1 atom stereocenters. The maximum Gasteiger partial charge on any atom is 0.140 e. The number of hydrogen-bond donors (Lipinski definition) is 1. The summed E-state index contributed by atoms with van der Waals surface area (Å²) >= 11 is 0. The van der Waals surface area contributed by atoms with Crippen molar-refractivity contribution in [2.45, 2.75) is 12.8 Å². The van der Waals surface area contributed by atoms with Gasteiger partial charge in [0.05, 0.1) is 6.61 Å². The third-order valence-corrected chi connectivity index (χ3v) is 5.08. The molecule has 2 aromatic heterocycles. The van der Waals surface area contributed by atoms with E-state index in [4.69, 9.17) is 4.98 Å². The number of aliphatic hydroxyl groups is 1. The Hall–Kier alpha value is -2.73. The molecule has 3 aromatic rings. The molecule has 0 aliphatic carbocycles. The summed E-state index contributed by atoms with van der Waals surface area (Å²) in [5.41, 5.74) is 0.812. The standard InChI is InChI=1S/C20H21FN4O/c21-17-6-4-16(5-7-17)12-20(14-26)8-10-24(13-20)18-2-1-3-19(23-18)25-11-9-22-15-25/h1-7,9,11,15,26H,8,10,12-14H2. The first-order chi connectivity index (χ1) is 12.7. The van der Waals surface area contributed by atoms with Gasteiger partial charge in [0.25, 0.3) is 0 Å². The number of anilines is 1. The van der Waals surface area contributed by atoms with E-state index in [1.54, 1.807) is 24.7 Å². The molecule has 0 radical (unpaired) electrons. The van der Waals surface area contributed by atoms with Gasteiger partial charge in [-0.3, -0.25) is 4.57 Å². The number of benzene rings is 1. The van der Waals surface area contributed by atoms with Gasteiger partial charge in [-0.2, -0.15) is 0 Å². The summed E-state index contributed by atoms with van der Waals surface area (Å²) in [6.07, 6.45) is 6.91. The van der Waals surface area contributed by atoms with Crippen LogP contribution in [-0.4, -0.2) is 39.3 Å². The van der Waals surface area contributed by atoms with E-state index in [2.05, 4.69) is 9.88 Å². The smallest absolute Gasteiger partial charge is 0.140 e. The van der Waals surface area contributed by atoms with E-state index in [0.29, 0.717) is 0 Å². The summed E-state index contributed by atoms with van der Waals surface area (Å²) < 4.78 is 15.0. The Bertz CT molecular complexity index is 866. The fourth-order valence-corrected chi connectivity index (χ4v) is 3.62. The van der Waals surface area contributed by atoms with E-state index in [0.717, 1.165) is 43.1 Å². The largest absolute Gasteiger partial charge is 0.396 e. The van der Waals surface area contributed by atoms with Crippen LogP contribution >= 0.6 is 0 Å². The van der Waals surface area contributed by atoms with Crippen molar-refractivity contribution in [3.8, 4) is 5.82 Å². The Labute approximate surface area is 151 Å². The average Bonchev–Trinajstić information content (AvgIpc) is 3.35. The van der Waals surface area contributed by atoms with Crippen molar-refractivity contribution in [3.63, 3.8) is 0 Å². The number of aromatic nitrogens is 3. The van der Waals surface area contributed by atoms with Crippen LogP contribution in [0.15, 0.2) is 61.2 Å². The third-order valence-electron chi connectivity index (χ3n) is 5.08. The minimum Gasteiger partial charge on any atom is -0.396 e. The Morgan fingerprint density at radius 2 is 1.92 bits per heavy atom. The van der Waals surface area contributed by atoms with Crippen molar-refractivity contribution >= 4 is 5.82 Å². The van der Waals surface area contributed by atoms with Gasteiger partial charge >= 0.3 is 0 Å². The summed E-state index contributed by atoms with van der Waals surface area (Å²) in [7, 11) is 0. The zero-order valence-electron chi connectivity index (χ0n) is 14.4. The zero-order chi connectivity index (χ0) is 18.0. The van der Waals surface area contributed by atoms with Gasteiger partial charge in [0.15, 0.2) is 0 Å². The van der Waals surface area contributed by atoms with Gasteiger partial charge in [0, 0.05) is 30.9 Å². The lowest BCUT2D eigenvalue weighted by atomic mass is 9.81. The quantitative estimate of drug-likeness (QED) is 0.767. The van der Waals surface area contributed by atoms with Crippen LogP contribution in [0.2, 0.25) is 0 Å². The second-order valence-corrected chi connectivity index (χ2v) is 6.96. The molecule has 0 amide bonds. The van der Waals surface area contributed by atoms with Gasteiger partial charge < -0.3 is 10.0 Å². The lowest BCUT2D eigenvalue weighted by Gasteiger charge is -2.27. The van der Waals surface area contributed by atoms with E-state index < -0.39 is 0 Å². The Balaban J connectivity index is 1.53. The highest BCUT2D eigenvalue weighted by molar-refractivity contribution is 5.44. The molecule has 0 spiro atoms. The van der Waals surface area contributed by atoms with E-state index in [1.165, 1.54) is 12.1 Å². The number of nitrogens with zero attached hydrogens (tertiary/aromatic N) is 4. The van der Waals surface area contributed by atoms with Crippen molar-refractivity contribution in [2.75, 3.05) is 24.6 Å². The van der Waals surface area contributed by atoms with Gasteiger partial charge in [-0.15, -0.1) is 0 Å². The molecule has 0 bridgehead atoms. The first kappa shape index (κ1) is 16.7. The number of pyridine rings is 1. The first-order valence-electron chi connectivity index (χ1n) is 8.73. The molecule has 3 heterocycles. The van der Waals surface area contributed by atoms with Crippen molar-refractivity contribution in [1.29, 1.82) is 0 Å². The van der Waals surface area contributed by atoms with Crippen LogP contribution in [0.25, 0.3) is 5.82 Å². The van der Waals surface area contributed by atoms with Gasteiger partial charge in [-0.1, -0.05) is 18.2 Å². The van der Waals surface area contributed by atoms with Crippen LogP contribution in [-0.2, 0) is 6.42 Å². The molecule has 1 unspecified atom stereocenters. The molecular weight excluding hydrogens is 331 g/mol. The van der Waals surface area contributed by atoms with E-state index in [9.17, 15) is 9.50 Å². The van der Waals surface area contributed by atoms with Crippen molar-refractivity contribution in [2.24, 2.45) is 5.41 Å². The maximum absolute atomic E-state index is 13.1. The molecule has 6 heteroatoms. The van der Waals surface area contributed by atoms with Crippen molar-refractivity contribution in [3.05, 3.63) is 72.6 Å². The van der Waals surface area contributed by atoms with Crippen LogP contribution in [0.3, 0.4) is 0 Å². The Morgan fingerprint density at radius 1 is 1.12 bits per heavy atom. The van der Waals surface area contributed by atoms with Crippen molar-refractivity contribution in [1.82, 2.24) is 14.5 Å². The number of aliphatic hydroxyl groups excluding tert-OH is 1. The fraction of sp³-hybridized carbons (Fsp3) is 0.300. The van der Waals surface area contributed by atoms with Crippen LogP contribution < -0.4 is 4.90 Å². The van der Waals surface area contributed by atoms with Crippen LogP contribution in [0.5, 0.6) is 0 Å². The molecule has 1 aliphatic heterocycles. The highest BCUT2D eigenvalue weighted by Gasteiger charge is 2.38. The van der Waals surface area contributed by atoms with Crippen molar-refractivity contribution < 1.29 is 9.50 Å². The third kappa shape index (κ3) is 3.32. The molecule has 134 valence electrons. The molecule has 1 fully saturated rings. The monoisotopic (exact) mass is 352 g/mol. The van der Waals surface area contributed by atoms with Gasteiger partial charge in [-0.05, 0) is 42.7 Å². The molecular formula is C20H21FN4O. The minimum absolute atomic E-state index is 0.0993. The van der Waals surface area contributed by atoms with E-state index >= 15 is 0 Å². The van der Waals surface area contributed by atoms with Crippen LogP contribution in [0.1, 0.15) is 12.0 Å². The lowest BCUT2D eigenvalue weighted by molar-refractivity contribution is 0.144. The van der Waals surface area contributed by atoms with Crippen LogP contribution in [0.4, 0.5) is 10.2 Å². The summed E-state index contributed by atoms with van der Waals surface area (Å²) in [6, 6.07) is 12.5. The summed E-state index contributed by atoms with van der Waals surface area (Å²) in [6.45, 7) is 1.66. The number of rotatable bonds is 5. The van der Waals surface area contributed by atoms with Gasteiger partial charge in [0.2, 0.25) is 0 Å². The summed E-state index contributed by atoms with van der Waals surface area (Å²) in [4.78, 5) is 11.0. The summed E-state index contributed by atoms with van der Waals surface area (Å²) in [5.74, 6) is 1.48. The number of hydrogen-bond acceptors (Lipinski definition) is 4. The van der Waals surface area contributed by atoms with E-state index in [-0.39, 0.29) is 17.8 Å². The highest BCUT2D eigenvalue weighted by Crippen LogP contribution is 2.36. The molecule has 4 rings (SSSR count). The molecule has 1 saturated heterocycles. The highest BCUT2D eigenvalue weighted by atomic mass is 19.1. The van der Waals surface area contributed by atoms with E-state index in [1.807, 2.05) is 29.0 Å². The topological polar surface area (TPSA) is 54.2 Å². The zero-order valence-corrected chi connectivity index (χ0v) is 14.4. The summed E-state index contributed by atoms with van der Waals surface area (Å²) in [5, 5.41) is 10.1. The predicted molar refractivity (Wildman–Crippen MR) is 97.8 cm³/mol. The van der Waals surface area contributed by atoms with Gasteiger partial charge in [0.1, 0.15) is 23.8 Å². The molecule has 0 saturated carbocycles.